The van der Waals surface area contributed by atoms with Crippen LogP contribution in [0.2, 0.25) is 0 Å². The zero-order chi connectivity index (χ0) is 17.6. The number of hydrogen-bond donors (Lipinski definition) is 1. The highest BCUT2D eigenvalue weighted by atomic mass is 19.4. The molecule has 0 spiro atoms. The molecule has 0 aliphatic rings. The number of nitro benzene ring substituents is 2. The molecule has 0 unspecified atom stereocenters. The van der Waals surface area contributed by atoms with Crippen molar-refractivity contribution in [3.8, 4) is 0 Å². The van der Waals surface area contributed by atoms with Crippen LogP contribution in [0, 0.1) is 20.2 Å². The average Bonchev–Trinajstić information content (AvgIpc) is 2.45. The minimum atomic E-state index is -4.67. The van der Waals surface area contributed by atoms with Gasteiger partial charge in [-0.2, -0.15) is 18.3 Å². The molecule has 0 fully saturated rings. The molecule has 1 rings (SSSR count). The van der Waals surface area contributed by atoms with Gasteiger partial charge in [-0.25, -0.2) is 0 Å². The first-order valence-corrected chi connectivity index (χ1v) is 6.49. The second-order valence-electron chi connectivity index (χ2n) is 4.49. The standard InChI is InChI=1S/C12H13F3N4O4/c1-2-3-4-11(12(13,14)15)17-16-9-6-5-8(18(20)21)7-10(9)19(22)23/h5-7,16H,2-4H2,1H3. The minimum absolute atomic E-state index is 0.252. The van der Waals surface area contributed by atoms with Gasteiger partial charge in [0.1, 0.15) is 11.4 Å². The van der Waals surface area contributed by atoms with Gasteiger partial charge in [-0.1, -0.05) is 13.3 Å². The Hall–Kier alpha value is -2.72. The van der Waals surface area contributed by atoms with Crippen molar-refractivity contribution < 1.29 is 23.0 Å². The lowest BCUT2D eigenvalue weighted by atomic mass is 10.2. The van der Waals surface area contributed by atoms with Crippen molar-refractivity contribution in [2.24, 2.45) is 5.10 Å². The summed E-state index contributed by atoms with van der Waals surface area (Å²) in [6, 6.07) is 2.52. The van der Waals surface area contributed by atoms with Crippen LogP contribution >= 0.6 is 0 Å². The zero-order valence-electron chi connectivity index (χ0n) is 12.0. The molecule has 0 radical (unpaired) electrons. The summed E-state index contributed by atoms with van der Waals surface area (Å²) in [4.78, 5) is 19.7. The first kappa shape index (κ1) is 18.3. The number of nitro groups is 2. The van der Waals surface area contributed by atoms with Crippen LogP contribution in [0.25, 0.3) is 0 Å². The molecule has 23 heavy (non-hydrogen) atoms. The summed E-state index contributed by atoms with van der Waals surface area (Å²) in [6.07, 6.45) is -4.24. The number of non-ortho nitro benzene ring substituents is 1. The van der Waals surface area contributed by atoms with Crippen molar-refractivity contribution in [1.29, 1.82) is 0 Å². The number of anilines is 1. The van der Waals surface area contributed by atoms with E-state index >= 15 is 0 Å². The highest BCUT2D eigenvalue weighted by molar-refractivity contribution is 5.90. The van der Waals surface area contributed by atoms with Crippen molar-refractivity contribution in [1.82, 2.24) is 0 Å². The molecule has 1 aromatic carbocycles. The second kappa shape index (κ2) is 7.51. The van der Waals surface area contributed by atoms with Crippen molar-refractivity contribution in [3.05, 3.63) is 38.4 Å². The van der Waals surface area contributed by atoms with E-state index in [4.69, 9.17) is 0 Å². The van der Waals surface area contributed by atoms with Crippen molar-refractivity contribution in [3.63, 3.8) is 0 Å². The van der Waals surface area contributed by atoms with Gasteiger partial charge in [-0.05, 0) is 18.9 Å². The minimum Gasteiger partial charge on any atom is -0.271 e. The van der Waals surface area contributed by atoms with E-state index in [2.05, 4.69) is 5.10 Å². The lowest BCUT2D eigenvalue weighted by molar-refractivity contribution is -0.393. The predicted molar refractivity (Wildman–Crippen MR) is 76.4 cm³/mol. The Morgan fingerprint density at radius 1 is 1.26 bits per heavy atom. The average molecular weight is 334 g/mol. The number of halogens is 3. The molecule has 0 heterocycles. The van der Waals surface area contributed by atoms with Crippen LogP contribution in [-0.4, -0.2) is 21.7 Å². The van der Waals surface area contributed by atoms with E-state index in [-0.39, 0.29) is 18.5 Å². The van der Waals surface area contributed by atoms with Gasteiger partial charge >= 0.3 is 11.9 Å². The number of benzene rings is 1. The summed E-state index contributed by atoms with van der Waals surface area (Å²) in [6.45, 7) is 1.71. The van der Waals surface area contributed by atoms with Crippen molar-refractivity contribution in [2.75, 3.05) is 5.43 Å². The summed E-state index contributed by atoms with van der Waals surface area (Å²) in [5.74, 6) is 0. The topological polar surface area (TPSA) is 111 Å². The number of alkyl halides is 3. The third-order valence-electron chi connectivity index (χ3n) is 2.79. The van der Waals surface area contributed by atoms with E-state index in [0.717, 1.165) is 12.1 Å². The van der Waals surface area contributed by atoms with E-state index in [1.54, 1.807) is 6.92 Å². The van der Waals surface area contributed by atoms with Crippen molar-refractivity contribution in [2.45, 2.75) is 32.4 Å². The number of hydrogen-bond acceptors (Lipinski definition) is 6. The Bertz CT molecular complexity index is 631. The fourth-order valence-corrected chi connectivity index (χ4v) is 1.61. The number of rotatable bonds is 7. The third-order valence-corrected chi connectivity index (χ3v) is 2.79. The molecule has 11 heteroatoms. The zero-order valence-corrected chi connectivity index (χ0v) is 12.0. The maximum absolute atomic E-state index is 12.8. The van der Waals surface area contributed by atoms with Gasteiger partial charge in [0.25, 0.3) is 5.69 Å². The Morgan fingerprint density at radius 2 is 1.91 bits per heavy atom. The lowest BCUT2D eigenvalue weighted by Gasteiger charge is -2.10. The molecule has 1 aromatic rings. The number of nitrogens with one attached hydrogen (secondary N) is 1. The summed E-state index contributed by atoms with van der Waals surface area (Å²) in [5, 5.41) is 24.7. The molecule has 0 saturated carbocycles. The maximum atomic E-state index is 12.8. The Kier molecular flexibility index (Phi) is 5.99. The van der Waals surface area contributed by atoms with Gasteiger partial charge in [-0.15, -0.1) is 0 Å². The second-order valence-corrected chi connectivity index (χ2v) is 4.49. The molecular formula is C12H13F3N4O4. The molecule has 0 amide bonds. The molecule has 0 aromatic heterocycles. The molecule has 8 nitrogen and oxygen atoms in total. The fraction of sp³-hybridized carbons (Fsp3) is 0.417. The van der Waals surface area contributed by atoms with Crippen LogP contribution in [0.1, 0.15) is 26.2 Å². The van der Waals surface area contributed by atoms with Crippen LogP contribution in [0.4, 0.5) is 30.2 Å². The van der Waals surface area contributed by atoms with E-state index in [1.165, 1.54) is 0 Å². The highest BCUT2D eigenvalue weighted by Crippen LogP contribution is 2.29. The van der Waals surface area contributed by atoms with Gasteiger partial charge in [0.15, 0.2) is 0 Å². The fourth-order valence-electron chi connectivity index (χ4n) is 1.61. The highest BCUT2D eigenvalue weighted by Gasteiger charge is 2.35. The van der Waals surface area contributed by atoms with Crippen LogP contribution in [0.15, 0.2) is 23.3 Å². The van der Waals surface area contributed by atoms with E-state index < -0.39 is 33.1 Å². The maximum Gasteiger partial charge on any atom is 0.431 e. The predicted octanol–water partition coefficient (Wildman–Crippen LogP) is 4.02. The van der Waals surface area contributed by atoms with E-state index in [9.17, 15) is 33.4 Å². The third kappa shape index (κ3) is 5.20. The summed E-state index contributed by atoms with van der Waals surface area (Å²) < 4.78 is 38.3. The summed E-state index contributed by atoms with van der Waals surface area (Å²) in [5.41, 5.74) is -0.771. The monoisotopic (exact) mass is 334 g/mol. The Labute approximate surface area is 128 Å². The normalized spacial score (nSPS) is 12.1. The summed E-state index contributed by atoms with van der Waals surface area (Å²) in [7, 11) is 0. The van der Waals surface area contributed by atoms with Crippen LogP contribution in [0.5, 0.6) is 0 Å². The van der Waals surface area contributed by atoms with Crippen molar-refractivity contribution >= 4 is 22.8 Å². The van der Waals surface area contributed by atoms with Crippen LogP contribution in [-0.2, 0) is 0 Å². The van der Waals surface area contributed by atoms with Crippen LogP contribution in [0.3, 0.4) is 0 Å². The molecular weight excluding hydrogens is 321 g/mol. The van der Waals surface area contributed by atoms with Gasteiger partial charge in [0.2, 0.25) is 0 Å². The number of nitrogens with zero attached hydrogens (tertiary/aromatic N) is 3. The van der Waals surface area contributed by atoms with Gasteiger partial charge in [0, 0.05) is 6.07 Å². The number of hydrazone groups is 1. The van der Waals surface area contributed by atoms with Crippen LogP contribution < -0.4 is 5.43 Å². The van der Waals surface area contributed by atoms with E-state index in [1.807, 2.05) is 5.43 Å². The Morgan fingerprint density at radius 3 is 2.39 bits per heavy atom. The molecule has 126 valence electrons. The van der Waals surface area contributed by atoms with E-state index in [0.29, 0.717) is 12.5 Å². The molecule has 0 aliphatic heterocycles. The molecule has 0 saturated heterocycles. The smallest absolute Gasteiger partial charge is 0.271 e. The SMILES string of the molecule is CCCCC(=NNc1ccc([N+](=O)[O-])cc1[N+](=O)[O-])C(F)(F)F. The summed E-state index contributed by atoms with van der Waals surface area (Å²) >= 11 is 0. The first-order chi connectivity index (χ1) is 10.7. The quantitative estimate of drug-likeness (QED) is 0.460. The van der Waals surface area contributed by atoms with Gasteiger partial charge in [0.05, 0.1) is 15.9 Å². The molecule has 0 aliphatic carbocycles. The lowest BCUT2D eigenvalue weighted by Crippen LogP contribution is -2.24. The largest absolute Gasteiger partial charge is 0.431 e. The molecule has 0 bridgehead atoms. The Balaban J connectivity index is 3.13. The van der Waals surface area contributed by atoms with Gasteiger partial charge in [-0.3, -0.25) is 25.7 Å². The van der Waals surface area contributed by atoms with Gasteiger partial charge < -0.3 is 0 Å². The molecule has 0 atom stereocenters. The number of unbranched alkanes of at least 4 members (excludes halogenated alkanes) is 1. The first-order valence-electron chi connectivity index (χ1n) is 6.49. The molecule has 1 N–H and O–H groups in total.